The number of hydrogen-bond acceptors (Lipinski definition) is 4. The van der Waals surface area contributed by atoms with E-state index in [0.717, 1.165) is 12.8 Å². The standard InChI is InChI=1S/C14H24O4/c1-10(15)6-12(16)17-9-11-7-13(2,3)18-14(4,5)8-11/h11H,6-9H2,1-5H3. The van der Waals surface area contributed by atoms with Crippen molar-refractivity contribution in [2.75, 3.05) is 6.61 Å². The number of rotatable bonds is 4. The summed E-state index contributed by atoms with van der Waals surface area (Å²) >= 11 is 0. The lowest BCUT2D eigenvalue weighted by atomic mass is 9.81. The molecule has 0 aliphatic carbocycles. The van der Waals surface area contributed by atoms with Gasteiger partial charge in [0.05, 0.1) is 17.8 Å². The van der Waals surface area contributed by atoms with Crippen LogP contribution in [0.25, 0.3) is 0 Å². The van der Waals surface area contributed by atoms with Crippen LogP contribution in [0.2, 0.25) is 0 Å². The van der Waals surface area contributed by atoms with E-state index in [1.165, 1.54) is 6.92 Å². The first kappa shape index (κ1) is 15.2. The molecule has 0 unspecified atom stereocenters. The van der Waals surface area contributed by atoms with Crippen LogP contribution in [-0.4, -0.2) is 29.6 Å². The third kappa shape index (κ3) is 5.17. The fourth-order valence-corrected chi connectivity index (χ4v) is 2.88. The summed E-state index contributed by atoms with van der Waals surface area (Å²) in [5, 5.41) is 0. The van der Waals surface area contributed by atoms with Gasteiger partial charge in [0.1, 0.15) is 12.2 Å². The van der Waals surface area contributed by atoms with Crippen molar-refractivity contribution in [1.82, 2.24) is 0 Å². The van der Waals surface area contributed by atoms with Gasteiger partial charge in [-0.3, -0.25) is 9.59 Å². The topological polar surface area (TPSA) is 52.6 Å². The van der Waals surface area contributed by atoms with E-state index in [1.54, 1.807) is 0 Å². The maximum atomic E-state index is 11.3. The van der Waals surface area contributed by atoms with E-state index in [9.17, 15) is 9.59 Å². The molecule has 0 atom stereocenters. The van der Waals surface area contributed by atoms with Gasteiger partial charge in [-0.2, -0.15) is 0 Å². The number of carbonyl (C=O) groups is 2. The van der Waals surface area contributed by atoms with Gasteiger partial charge in [-0.1, -0.05) is 0 Å². The number of carbonyl (C=O) groups excluding carboxylic acids is 2. The number of ether oxygens (including phenoxy) is 2. The molecule has 1 aliphatic heterocycles. The second kappa shape index (κ2) is 5.39. The summed E-state index contributed by atoms with van der Waals surface area (Å²) < 4.78 is 11.1. The van der Waals surface area contributed by atoms with Gasteiger partial charge in [0.15, 0.2) is 0 Å². The quantitative estimate of drug-likeness (QED) is 0.573. The van der Waals surface area contributed by atoms with E-state index < -0.39 is 5.97 Å². The van der Waals surface area contributed by atoms with Crippen molar-refractivity contribution in [3.63, 3.8) is 0 Å². The Kier molecular flexibility index (Phi) is 4.54. The zero-order valence-corrected chi connectivity index (χ0v) is 12.0. The van der Waals surface area contributed by atoms with Gasteiger partial charge in [0, 0.05) is 0 Å². The Morgan fingerprint density at radius 3 is 2.11 bits per heavy atom. The lowest BCUT2D eigenvalue weighted by Crippen LogP contribution is -2.46. The first-order valence-corrected chi connectivity index (χ1v) is 6.45. The van der Waals surface area contributed by atoms with Crippen LogP contribution in [0.3, 0.4) is 0 Å². The highest BCUT2D eigenvalue weighted by Gasteiger charge is 2.39. The van der Waals surface area contributed by atoms with Gasteiger partial charge in [0.2, 0.25) is 0 Å². The first-order chi connectivity index (χ1) is 8.10. The van der Waals surface area contributed by atoms with Gasteiger partial charge in [-0.15, -0.1) is 0 Å². The minimum Gasteiger partial charge on any atom is -0.465 e. The smallest absolute Gasteiger partial charge is 0.313 e. The zero-order valence-electron chi connectivity index (χ0n) is 12.0. The summed E-state index contributed by atoms with van der Waals surface area (Å²) in [6, 6.07) is 0. The second-order valence-corrected chi connectivity index (χ2v) is 6.46. The summed E-state index contributed by atoms with van der Waals surface area (Å²) in [5.41, 5.74) is -0.390. The molecule has 1 heterocycles. The maximum absolute atomic E-state index is 11.3. The van der Waals surface area contributed by atoms with E-state index in [0.29, 0.717) is 12.5 Å². The summed E-state index contributed by atoms with van der Waals surface area (Å²) in [5.74, 6) is -0.295. The minimum atomic E-state index is -0.426. The average molecular weight is 256 g/mol. The molecular weight excluding hydrogens is 232 g/mol. The molecule has 1 rings (SSSR count). The zero-order chi connectivity index (χ0) is 14.0. The molecule has 104 valence electrons. The fourth-order valence-electron chi connectivity index (χ4n) is 2.88. The van der Waals surface area contributed by atoms with Gasteiger partial charge < -0.3 is 9.47 Å². The van der Waals surface area contributed by atoms with Crippen LogP contribution in [-0.2, 0) is 19.1 Å². The molecule has 0 aromatic rings. The van der Waals surface area contributed by atoms with Gasteiger partial charge in [0.25, 0.3) is 0 Å². The van der Waals surface area contributed by atoms with E-state index in [4.69, 9.17) is 9.47 Å². The van der Waals surface area contributed by atoms with Crippen molar-refractivity contribution in [1.29, 1.82) is 0 Å². The molecule has 4 nitrogen and oxygen atoms in total. The SMILES string of the molecule is CC(=O)CC(=O)OCC1CC(C)(C)OC(C)(C)C1. The van der Waals surface area contributed by atoms with Crippen LogP contribution in [0.15, 0.2) is 0 Å². The number of ketones is 1. The van der Waals surface area contributed by atoms with Crippen molar-refractivity contribution in [3.8, 4) is 0 Å². The number of hydrogen-bond donors (Lipinski definition) is 0. The molecule has 0 saturated carbocycles. The highest BCUT2D eigenvalue weighted by atomic mass is 16.5. The largest absolute Gasteiger partial charge is 0.465 e. The third-order valence-electron chi connectivity index (χ3n) is 2.99. The first-order valence-electron chi connectivity index (χ1n) is 6.45. The Labute approximate surface area is 109 Å². The molecule has 1 fully saturated rings. The van der Waals surface area contributed by atoms with Crippen LogP contribution in [0, 0.1) is 5.92 Å². The molecule has 0 N–H and O–H groups in total. The predicted molar refractivity (Wildman–Crippen MR) is 68.2 cm³/mol. The Hall–Kier alpha value is -0.900. The molecule has 1 aliphatic rings. The lowest BCUT2D eigenvalue weighted by Gasteiger charge is -2.45. The molecule has 0 aromatic carbocycles. The van der Waals surface area contributed by atoms with Crippen LogP contribution in [0.1, 0.15) is 53.9 Å². The van der Waals surface area contributed by atoms with E-state index in [2.05, 4.69) is 27.7 Å². The molecule has 0 radical (unpaired) electrons. The summed E-state index contributed by atoms with van der Waals surface area (Å²) in [4.78, 5) is 22.1. The molecule has 0 aromatic heterocycles. The average Bonchev–Trinajstić information content (AvgIpc) is 2.08. The summed E-state index contributed by atoms with van der Waals surface area (Å²) in [6.07, 6.45) is 1.60. The fraction of sp³-hybridized carbons (Fsp3) is 0.857. The third-order valence-corrected chi connectivity index (χ3v) is 2.99. The summed E-state index contributed by atoms with van der Waals surface area (Å²) in [7, 11) is 0. The summed E-state index contributed by atoms with van der Waals surface area (Å²) in [6.45, 7) is 9.98. The number of esters is 1. The highest BCUT2D eigenvalue weighted by Crippen LogP contribution is 2.38. The van der Waals surface area contributed by atoms with Crippen molar-refractivity contribution in [2.45, 2.75) is 65.1 Å². The molecule has 18 heavy (non-hydrogen) atoms. The number of Topliss-reactive ketones (excluding diaryl/α,β-unsaturated/α-hetero) is 1. The van der Waals surface area contributed by atoms with Gasteiger partial charge in [-0.25, -0.2) is 0 Å². The van der Waals surface area contributed by atoms with E-state index in [-0.39, 0.29) is 23.4 Å². The normalized spacial score (nSPS) is 22.5. The molecule has 0 bridgehead atoms. The highest BCUT2D eigenvalue weighted by molar-refractivity contribution is 5.94. The van der Waals surface area contributed by atoms with Crippen LogP contribution in [0.5, 0.6) is 0 Å². The molecule has 0 spiro atoms. The van der Waals surface area contributed by atoms with Crippen LogP contribution in [0.4, 0.5) is 0 Å². The molecule has 4 heteroatoms. The van der Waals surface area contributed by atoms with Gasteiger partial charge in [-0.05, 0) is 53.4 Å². The van der Waals surface area contributed by atoms with Crippen LogP contribution >= 0.6 is 0 Å². The lowest BCUT2D eigenvalue weighted by molar-refractivity contribution is -0.182. The van der Waals surface area contributed by atoms with Crippen LogP contribution < -0.4 is 0 Å². The second-order valence-electron chi connectivity index (χ2n) is 6.46. The predicted octanol–water partition coefficient (Wildman–Crippen LogP) is 2.49. The van der Waals surface area contributed by atoms with Crippen molar-refractivity contribution in [3.05, 3.63) is 0 Å². The van der Waals surface area contributed by atoms with E-state index >= 15 is 0 Å². The monoisotopic (exact) mass is 256 g/mol. The Morgan fingerprint density at radius 1 is 1.17 bits per heavy atom. The van der Waals surface area contributed by atoms with Crippen molar-refractivity contribution < 1.29 is 19.1 Å². The van der Waals surface area contributed by atoms with Crippen molar-refractivity contribution in [2.24, 2.45) is 5.92 Å². The molecule has 1 saturated heterocycles. The molecule has 0 amide bonds. The molecular formula is C14H24O4. The Morgan fingerprint density at radius 2 is 1.67 bits per heavy atom. The Bertz CT molecular complexity index is 315. The van der Waals surface area contributed by atoms with E-state index in [1.807, 2.05) is 0 Å². The Balaban J connectivity index is 2.47. The van der Waals surface area contributed by atoms with Gasteiger partial charge >= 0.3 is 5.97 Å². The maximum Gasteiger partial charge on any atom is 0.313 e. The minimum absolute atomic E-state index is 0.129. The van der Waals surface area contributed by atoms with Crippen molar-refractivity contribution >= 4 is 11.8 Å².